The molecule has 2 N–H and O–H groups in total. The molecule has 2 aliphatic heterocycles. The fourth-order valence-corrected chi connectivity index (χ4v) is 11.4. The Balaban J connectivity index is 0.000000172. The van der Waals surface area contributed by atoms with Crippen molar-refractivity contribution < 1.29 is 19.1 Å². The van der Waals surface area contributed by atoms with Crippen LogP contribution in [0.1, 0.15) is 112 Å². The Labute approximate surface area is 411 Å². The fourth-order valence-electron chi connectivity index (χ4n) is 9.64. The Morgan fingerprint density at radius 1 is 0.638 bits per heavy atom. The van der Waals surface area contributed by atoms with Crippen molar-refractivity contribution in [1.29, 1.82) is 10.5 Å². The molecule has 4 amide bonds. The zero-order valence-corrected chi connectivity index (χ0v) is 41.3. The highest BCUT2D eigenvalue weighted by molar-refractivity contribution is 7.18. The van der Waals surface area contributed by atoms with Gasteiger partial charge in [-0.1, -0.05) is 66.0 Å². The van der Waals surface area contributed by atoms with E-state index in [9.17, 15) is 20.1 Å². The molecule has 4 heterocycles. The van der Waals surface area contributed by atoms with Crippen LogP contribution in [-0.4, -0.2) is 80.6 Å². The number of carbonyl (C=O) groups is 2. The Morgan fingerprint density at radius 3 is 1.54 bits per heavy atom. The monoisotopic (exact) mass is 960 g/mol. The smallest absolute Gasteiger partial charge is 0.317 e. The second kappa shape index (κ2) is 20.8. The number of hydrogen-bond acceptors (Lipinski definition) is 12. The van der Waals surface area contributed by atoms with Crippen LogP contribution >= 0.6 is 22.7 Å². The summed E-state index contributed by atoms with van der Waals surface area (Å²) >= 11 is 3.02. The SMILES string of the molecule is CC(C)Oc1ccc(-c2nnc(-c3cccc4c3CC[C@@H]4NC(=O)N3CCCC3)s2)cc1C#N.CC(C)Oc1ccc(-c2nnc(-c3cccc4c3CC[C@H]4NC(=O)N3CC[C@H](C)C3)s2)cc1C#N. The molecule has 354 valence electrons. The van der Waals surface area contributed by atoms with Crippen LogP contribution in [-0.2, 0) is 12.8 Å². The minimum Gasteiger partial charge on any atom is -0.490 e. The van der Waals surface area contributed by atoms with E-state index in [4.69, 9.17) is 9.47 Å². The average Bonchev–Trinajstić information content (AvgIpc) is 4.22. The largest absolute Gasteiger partial charge is 0.490 e. The van der Waals surface area contributed by atoms with Crippen molar-refractivity contribution in [3.63, 3.8) is 0 Å². The molecule has 16 heteroatoms. The van der Waals surface area contributed by atoms with Crippen LogP contribution < -0.4 is 20.1 Å². The molecular formula is C53H56N10O4S2. The summed E-state index contributed by atoms with van der Waals surface area (Å²) < 4.78 is 11.5. The van der Waals surface area contributed by atoms with Gasteiger partial charge in [0, 0.05) is 48.4 Å². The number of urea groups is 2. The number of rotatable bonds is 10. The van der Waals surface area contributed by atoms with Gasteiger partial charge < -0.3 is 29.9 Å². The van der Waals surface area contributed by atoms with Gasteiger partial charge in [0.25, 0.3) is 0 Å². The average molecular weight is 961 g/mol. The molecule has 2 fully saturated rings. The van der Waals surface area contributed by atoms with E-state index in [0.717, 1.165) is 113 Å². The number of hydrogen-bond donors (Lipinski definition) is 2. The van der Waals surface area contributed by atoms with Gasteiger partial charge in [0.15, 0.2) is 0 Å². The molecule has 4 aliphatic rings. The fraction of sp³-hybridized carbons (Fsp3) is 0.396. The third kappa shape index (κ3) is 10.4. The topological polar surface area (TPSA) is 182 Å². The van der Waals surface area contributed by atoms with Gasteiger partial charge in [-0.25, -0.2) is 9.59 Å². The molecule has 2 aliphatic carbocycles. The number of likely N-dealkylation sites (tertiary alicyclic amines) is 2. The molecule has 2 aromatic heterocycles. The Bertz CT molecular complexity index is 2950. The lowest BCUT2D eigenvalue weighted by atomic mass is 10.0. The number of carbonyl (C=O) groups excluding carboxylic acids is 2. The van der Waals surface area contributed by atoms with Crippen molar-refractivity contribution in [3.05, 3.63) is 106 Å². The molecule has 2 saturated heterocycles. The first-order chi connectivity index (χ1) is 33.5. The van der Waals surface area contributed by atoms with Crippen LogP contribution in [0.15, 0.2) is 72.8 Å². The molecule has 10 rings (SSSR count). The van der Waals surface area contributed by atoms with Crippen LogP contribution in [0, 0.1) is 28.6 Å². The van der Waals surface area contributed by atoms with Crippen LogP contribution in [0.5, 0.6) is 11.5 Å². The van der Waals surface area contributed by atoms with E-state index in [2.05, 4.69) is 74.4 Å². The molecule has 0 spiro atoms. The number of benzene rings is 4. The molecule has 0 radical (unpaired) electrons. The van der Waals surface area contributed by atoms with Gasteiger partial charge in [0.1, 0.15) is 43.7 Å². The van der Waals surface area contributed by atoms with Crippen molar-refractivity contribution in [2.75, 3.05) is 26.2 Å². The number of aromatic nitrogens is 4. The van der Waals surface area contributed by atoms with Gasteiger partial charge >= 0.3 is 12.1 Å². The molecule has 0 bridgehead atoms. The van der Waals surface area contributed by atoms with Gasteiger partial charge in [-0.15, -0.1) is 20.4 Å². The Morgan fingerprint density at radius 2 is 1.10 bits per heavy atom. The van der Waals surface area contributed by atoms with E-state index >= 15 is 0 Å². The van der Waals surface area contributed by atoms with Crippen LogP contribution in [0.4, 0.5) is 9.59 Å². The maximum atomic E-state index is 12.8. The molecule has 0 unspecified atom stereocenters. The lowest BCUT2D eigenvalue weighted by molar-refractivity contribution is 0.203. The highest BCUT2D eigenvalue weighted by atomic mass is 32.1. The summed E-state index contributed by atoms with van der Waals surface area (Å²) in [6.07, 6.45) is 6.79. The predicted octanol–water partition coefficient (Wildman–Crippen LogP) is 10.9. The van der Waals surface area contributed by atoms with Gasteiger partial charge in [-0.2, -0.15) is 10.5 Å². The Hall–Kier alpha value is -6.88. The van der Waals surface area contributed by atoms with Crippen molar-refractivity contribution in [2.24, 2.45) is 5.92 Å². The molecule has 3 atom stereocenters. The first kappa shape index (κ1) is 47.2. The molecule has 4 aromatic carbocycles. The lowest BCUT2D eigenvalue weighted by Gasteiger charge is -2.21. The summed E-state index contributed by atoms with van der Waals surface area (Å²) in [4.78, 5) is 29.2. The van der Waals surface area contributed by atoms with E-state index in [0.29, 0.717) is 28.5 Å². The number of nitriles is 2. The van der Waals surface area contributed by atoms with Gasteiger partial charge in [0.2, 0.25) is 0 Å². The van der Waals surface area contributed by atoms with Gasteiger partial charge in [-0.05, 0) is 137 Å². The van der Waals surface area contributed by atoms with Crippen LogP contribution in [0.25, 0.3) is 42.3 Å². The molecule has 69 heavy (non-hydrogen) atoms. The first-order valence-corrected chi connectivity index (χ1v) is 25.5. The van der Waals surface area contributed by atoms with E-state index in [-0.39, 0.29) is 36.4 Å². The summed E-state index contributed by atoms with van der Waals surface area (Å²) in [7, 11) is 0. The van der Waals surface area contributed by atoms with Crippen molar-refractivity contribution in [2.45, 2.75) is 104 Å². The standard InChI is InChI=1S/C27H29N5O2S.C26H27N5O2S/c1-16(2)34-24-10-7-18(13-19(24)14-28)25-30-31-26(35-25)22-6-4-5-21-20(22)8-9-23(21)29-27(33)32-12-11-17(3)15-32;1-16(2)33-23-11-8-17(14-18(23)15-27)24-29-30-25(34-24)21-7-5-6-20-19(21)9-10-22(20)28-26(32)31-12-3-4-13-31/h4-7,10,13,16-17,23H,8-9,11-12,15H2,1-3H3,(H,29,33);5-8,11,14,16,22H,3-4,9-10,12-13H2,1-2H3,(H,28,32)/t17-,23+;22-/m00/s1. The minimum atomic E-state index is -0.00576. The highest BCUT2D eigenvalue weighted by Crippen LogP contribution is 2.42. The summed E-state index contributed by atoms with van der Waals surface area (Å²) in [5.74, 6) is 1.72. The molecule has 0 saturated carbocycles. The Kier molecular flexibility index (Phi) is 14.2. The lowest BCUT2D eigenvalue weighted by Crippen LogP contribution is -2.39. The molecule has 6 aromatic rings. The van der Waals surface area contributed by atoms with Gasteiger partial charge in [0.05, 0.1) is 35.4 Å². The quantitative estimate of drug-likeness (QED) is 0.134. The summed E-state index contributed by atoms with van der Waals surface area (Å²) in [5, 5.41) is 46.6. The third-order valence-electron chi connectivity index (χ3n) is 13.0. The number of nitrogens with zero attached hydrogens (tertiary/aromatic N) is 8. The summed E-state index contributed by atoms with van der Waals surface area (Å²) in [6, 6.07) is 28.1. The summed E-state index contributed by atoms with van der Waals surface area (Å²) in [6.45, 7) is 13.3. The zero-order chi connectivity index (χ0) is 48.2. The zero-order valence-electron chi connectivity index (χ0n) is 39.6. The van der Waals surface area contributed by atoms with Crippen molar-refractivity contribution >= 4 is 34.7 Å². The number of fused-ring (bicyclic) bond motifs is 2. The first-order valence-electron chi connectivity index (χ1n) is 23.9. The number of amides is 4. The number of ether oxygens (including phenoxy) is 2. The van der Waals surface area contributed by atoms with Crippen molar-refractivity contribution in [1.82, 2.24) is 40.8 Å². The van der Waals surface area contributed by atoms with Gasteiger partial charge in [-0.3, -0.25) is 0 Å². The maximum absolute atomic E-state index is 12.8. The maximum Gasteiger partial charge on any atom is 0.317 e. The number of nitrogens with one attached hydrogen (secondary N) is 2. The molecule has 14 nitrogen and oxygen atoms in total. The van der Waals surface area contributed by atoms with Crippen LogP contribution in [0.2, 0.25) is 0 Å². The summed E-state index contributed by atoms with van der Waals surface area (Å²) in [5.41, 5.74) is 9.60. The van der Waals surface area contributed by atoms with E-state index in [1.165, 1.54) is 44.9 Å². The molecular weight excluding hydrogens is 905 g/mol. The minimum absolute atomic E-state index is 0.00443. The van der Waals surface area contributed by atoms with E-state index in [1.54, 1.807) is 6.07 Å². The van der Waals surface area contributed by atoms with Crippen molar-refractivity contribution in [3.8, 4) is 65.9 Å². The van der Waals surface area contributed by atoms with E-state index < -0.39 is 0 Å². The highest BCUT2D eigenvalue weighted by Gasteiger charge is 2.32. The predicted molar refractivity (Wildman–Crippen MR) is 268 cm³/mol. The van der Waals surface area contributed by atoms with Crippen LogP contribution in [0.3, 0.4) is 0 Å². The second-order valence-corrected chi connectivity index (χ2v) is 20.6. The normalized spacial score (nSPS) is 18.0. The van der Waals surface area contributed by atoms with E-state index in [1.807, 2.05) is 80.0 Å². The third-order valence-corrected chi connectivity index (χ3v) is 15.0. The second-order valence-electron chi connectivity index (χ2n) is 18.7.